The third kappa shape index (κ3) is 3.35. The highest BCUT2D eigenvalue weighted by molar-refractivity contribution is 6.79. The van der Waals surface area contributed by atoms with Crippen molar-refractivity contribution in [3.63, 3.8) is 0 Å². The van der Waals surface area contributed by atoms with Crippen molar-refractivity contribution in [1.29, 1.82) is 0 Å². The van der Waals surface area contributed by atoms with Crippen molar-refractivity contribution < 1.29 is 0 Å². The molecule has 11 fully saturated rings. The number of hydrogen-bond acceptors (Lipinski definition) is 2. The standard InChI is InChI=1S/C44H56B2N2/c1-3-13-27(14-4-1)45-33-21-10-22-34-40(33)48-41-35(45)23-25-11-7-17-29-31-19-9-20-32-30-18-8-12-26-24-36(46(34)28-15-5-2-6-16-28)42(48)44(38(26)30)47(39(31)32)43(41)37(25)29/h1-6,13-16,25-26,29-44H,7-12,17-24H2. The van der Waals surface area contributed by atoms with Gasteiger partial charge in [-0.05, 0) is 96.3 Å². The molecule has 4 heteroatoms. The first kappa shape index (κ1) is 28.1. The fraction of sp³-hybridized carbons (Fsp3) is 0.727. The molecule has 48 heavy (non-hydrogen) atoms. The fourth-order valence-electron chi connectivity index (χ4n) is 18.8. The lowest BCUT2D eigenvalue weighted by molar-refractivity contribution is -0.278. The first-order valence-electron chi connectivity index (χ1n) is 21.5. The van der Waals surface area contributed by atoms with Gasteiger partial charge >= 0.3 is 0 Å². The van der Waals surface area contributed by atoms with Crippen LogP contribution in [0.1, 0.15) is 89.9 Å². The maximum atomic E-state index is 3.59. The Bertz CT molecular complexity index is 1470. The Hall–Kier alpha value is -1.51. The van der Waals surface area contributed by atoms with E-state index in [1.165, 1.54) is 19.3 Å². The van der Waals surface area contributed by atoms with Crippen LogP contribution in [0.25, 0.3) is 0 Å². The molecule has 6 saturated carbocycles. The van der Waals surface area contributed by atoms with E-state index < -0.39 is 0 Å². The van der Waals surface area contributed by atoms with Crippen molar-refractivity contribution in [2.75, 3.05) is 0 Å². The Morgan fingerprint density at radius 3 is 1.35 bits per heavy atom. The molecule has 2 aromatic rings. The van der Waals surface area contributed by atoms with Gasteiger partial charge in [0.1, 0.15) is 0 Å². The third-order valence-corrected chi connectivity index (χ3v) is 19.1. The Labute approximate surface area is 290 Å². The third-order valence-electron chi connectivity index (χ3n) is 19.1. The van der Waals surface area contributed by atoms with Crippen LogP contribution in [0.3, 0.4) is 0 Å². The Kier molecular flexibility index (Phi) is 5.91. The smallest absolute Gasteiger partial charge is 0.185 e. The van der Waals surface area contributed by atoms with Gasteiger partial charge in [-0.15, -0.1) is 0 Å². The van der Waals surface area contributed by atoms with Crippen LogP contribution in [0.2, 0.25) is 23.3 Å². The summed E-state index contributed by atoms with van der Waals surface area (Å²) in [5.41, 5.74) is 3.47. The minimum Gasteiger partial charge on any atom is -0.293 e. The molecule has 6 aliphatic carbocycles. The highest BCUT2D eigenvalue weighted by atomic mass is 15.4. The first-order valence-corrected chi connectivity index (χ1v) is 21.5. The molecule has 5 aliphatic heterocycles. The second kappa shape index (κ2) is 10.1. The Morgan fingerprint density at radius 2 is 0.833 bits per heavy atom. The van der Waals surface area contributed by atoms with Crippen LogP contribution < -0.4 is 10.9 Å². The topological polar surface area (TPSA) is 6.48 Å². The summed E-state index contributed by atoms with van der Waals surface area (Å²) < 4.78 is 0. The number of piperazine rings is 1. The minimum absolute atomic E-state index is 0.773. The van der Waals surface area contributed by atoms with Gasteiger partial charge in [-0.1, -0.05) is 136 Å². The molecule has 0 spiro atoms. The summed E-state index contributed by atoms with van der Waals surface area (Å²) in [4.78, 5) is 7.15. The molecule has 16 unspecified atom stereocenters. The van der Waals surface area contributed by atoms with Gasteiger partial charge in [0.2, 0.25) is 0 Å². The SMILES string of the molecule is c1ccc(B2C3CCCC4B(c5ccccc5)C5CC6CCCC7C8CCCC9C%10CCCC%11CC2C2C(C%11%10)N(C98)C(C67)C5N2C34)cc1. The van der Waals surface area contributed by atoms with Gasteiger partial charge in [-0.25, -0.2) is 0 Å². The van der Waals surface area contributed by atoms with Crippen LogP contribution in [-0.2, 0) is 0 Å². The van der Waals surface area contributed by atoms with Gasteiger partial charge in [-0.2, -0.15) is 0 Å². The van der Waals surface area contributed by atoms with Crippen molar-refractivity contribution in [1.82, 2.24) is 9.80 Å². The first-order chi connectivity index (χ1) is 23.9. The monoisotopic (exact) mass is 634 g/mol. The summed E-state index contributed by atoms with van der Waals surface area (Å²) in [5.74, 6) is 11.6. The average molecular weight is 635 g/mol. The van der Waals surface area contributed by atoms with Crippen molar-refractivity contribution in [2.24, 2.45) is 47.3 Å². The molecule has 5 saturated heterocycles. The van der Waals surface area contributed by atoms with Gasteiger partial charge in [-0.3, -0.25) is 9.80 Å². The van der Waals surface area contributed by atoms with E-state index in [4.69, 9.17) is 0 Å². The van der Waals surface area contributed by atoms with E-state index in [1.54, 1.807) is 81.6 Å². The molecular weight excluding hydrogens is 578 g/mol. The quantitative estimate of drug-likeness (QED) is 0.314. The zero-order valence-electron chi connectivity index (χ0n) is 29.1. The molecular formula is C44H56B2N2. The fourth-order valence-corrected chi connectivity index (χ4v) is 18.8. The van der Waals surface area contributed by atoms with Gasteiger partial charge < -0.3 is 0 Å². The average Bonchev–Trinajstić information content (AvgIpc) is 3.15. The van der Waals surface area contributed by atoms with Crippen LogP contribution in [0, 0.1) is 47.3 Å². The van der Waals surface area contributed by atoms with E-state index in [0.29, 0.717) is 0 Å². The maximum Gasteiger partial charge on any atom is 0.185 e. The number of fused-ring (bicyclic) bond motifs is 2. The largest absolute Gasteiger partial charge is 0.293 e. The van der Waals surface area contributed by atoms with E-state index in [0.717, 1.165) is 120 Å². The number of nitrogens with zero attached hydrogens (tertiary/aromatic N) is 2. The predicted molar refractivity (Wildman–Crippen MR) is 198 cm³/mol. The van der Waals surface area contributed by atoms with Gasteiger partial charge in [0, 0.05) is 36.3 Å². The summed E-state index contributed by atoms with van der Waals surface area (Å²) in [5, 5.41) is 0. The maximum absolute atomic E-state index is 3.59. The van der Waals surface area contributed by atoms with E-state index in [-0.39, 0.29) is 0 Å². The molecule has 2 nitrogen and oxygen atoms in total. The molecule has 0 radical (unpaired) electrons. The van der Waals surface area contributed by atoms with Gasteiger partial charge in [0.15, 0.2) is 13.4 Å². The molecule has 16 atom stereocenters. The normalized spacial score (nSPS) is 53.7. The summed E-state index contributed by atoms with van der Waals surface area (Å²) in [6.07, 6.45) is 21.6. The lowest BCUT2D eigenvalue weighted by Crippen LogP contribution is -2.89. The van der Waals surface area contributed by atoms with Crippen LogP contribution in [0.15, 0.2) is 60.7 Å². The van der Waals surface area contributed by atoms with Crippen LogP contribution in [-0.4, -0.2) is 59.5 Å². The molecule has 248 valence electrons. The Balaban J connectivity index is 1.08. The van der Waals surface area contributed by atoms with Crippen molar-refractivity contribution in [3.8, 4) is 0 Å². The second-order valence-corrected chi connectivity index (χ2v) is 19.9. The summed E-state index contributed by atoms with van der Waals surface area (Å²) >= 11 is 0. The molecule has 0 bridgehead atoms. The molecule has 0 N–H and O–H groups in total. The summed E-state index contributed by atoms with van der Waals surface area (Å²) in [6.45, 7) is 1.55. The molecule has 0 aromatic heterocycles. The molecule has 11 aliphatic rings. The minimum atomic E-state index is 0.773. The molecule has 5 heterocycles. The number of piperidine rings is 2. The van der Waals surface area contributed by atoms with E-state index in [2.05, 4.69) is 70.5 Å². The van der Waals surface area contributed by atoms with E-state index in [9.17, 15) is 0 Å². The summed E-state index contributed by atoms with van der Waals surface area (Å²) in [7, 11) is 0. The van der Waals surface area contributed by atoms with Crippen LogP contribution >= 0.6 is 0 Å². The zero-order chi connectivity index (χ0) is 30.8. The number of benzene rings is 2. The van der Waals surface area contributed by atoms with Crippen LogP contribution in [0.5, 0.6) is 0 Å². The second-order valence-electron chi connectivity index (χ2n) is 19.9. The van der Waals surface area contributed by atoms with E-state index in [1.807, 2.05) is 0 Å². The summed E-state index contributed by atoms with van der Waals surface area (Å²) in [6, 6.07) is 29.7. The molecule has 0 amide bonds. The number of rotatable bonds is 2. The van der Waals surface area contributed by atoms with Gasteiger partial charge in [0.05, 0.1) is 0 Å². The molecule has 13 rings (SSSR count). The van der Waals surface area contributed by atoms with Gasteiger partial charge in [0.25, 0.3) is 0 Å². The molecule has 2 aromatic carbocycles. The Morgan fingerprint density at radius 1 is 0.396 bits per heavy atom. The lowest BCUT2D eigenvalue weighted by atomic mass is 9.16. The predicted octanol–water partition coefficient (Wildman–Crippen LogP) is 7.63. The highest BCUT2D eigenvalue weighted by Crippen LogP contribution is 2.73. The van der Waals surface area contributed by atoms with Crippen molar-refractivity contribution in [3.05, 3.63) is 60.7 Å². The highest BCUT2D eigenvalue weighted by Gasteiger charge is 2.76. The lowest BCUT2D eigenvalue weighted by Gasteiger charge is -2.82. The van der Waals surface area contributed by atoms with E-state index >= 15 is 0 Å². The zero-order valence-corrected chi connectivity index (χ0v) is 29.1. The van der Waals surface area contributed by atoms with Crippen LogP contribution in [0.4, 0.5) is 0 Å². The van der Waals surface area contributed by atoms with Crippen molar-refractivity contribution >= 4 is 24.4 Å². The number of hydrogen-bond donors (Lipinski definition) is 0. The van der Waals surface area contributed by atoms with Crippen molar-refractivity contribution in [2.45, 2.75) is 149 Å².